The van der Waals surface area contributed by atoms with E-state index in [4.69, 9.17) is 16.3 Å². The molecule has 0 fully saturated rings. The number of aromatic hydroxyl groups is 1. The average molecular weight is 519 g/mol. The molecule has 36 heavy (non-hydrogen) atoms. The molecule has 180 valence electrons. The minimum atomic E-state index is -1.29. The predicted molar refractivity (Wildman–Crippen MR) is 139 cm³/mol. The lowest BCUT2D eigenvalue weighted by molar-refractivity contribution is 0.0747. The minimum absolute atomic E-state index is 0.106. The zero-order valence-corrected chi connectivity index (χ0v) is 20.5. The molecule has 1 atom stereocenters. The number of methoxy groups -OCH3 is 1. The first-order valence-electron chi connectivity index (χ1n) is 10.8. The lowest BCUT2D eigenvalue weighted by Gasteiger charge is -2.10. The number of fused-ring (bicyclic) bond motifs is 1. The molecule has 3 aromatic carbocycles. The van der Waals surface area contributed by atoms with Crippen molar-refractivity contribution in [3.8, 4) is 22.8 Å². The molecule has 0 aliphatic carbocycles. The third-order valence-corrected chi connectivity index (χ3v) is 6.99. The highest BCUT2D eigenvalue weighted by atomic mass is 35.5. The van der Waals surface area contributed by atoms with Gasteiger partial charge >= 0.3 is 0 Å². The van der Waals surface area contributed by atoms with E-state index in [1.165, 1.54) is 28.9 Å². The number of thiazole rings is 1. The predicted octanol–water partition coefficient (Wildman–Crippen LogP) is 4.25. The van der Waals surface area contributed by atoms with Gasteiger partial charge in [0.1, 0.15) is 6.10 Å². The Kier molecular flexibility index (Phi) is 6.32. The smallest absolute Gasteiger partial charge is 0.274 e. The minimum Gasteiger partial charge on any atom is -0.503 e. The molecule has 2 aromatic heterocycles. The van der Waals surface area contributed by atoms with E-state index in [0.717, 1.165) is 0 Å². The number of phenols is 1. The summed E-state index contributed by atoms with van der Waals surface area (Å²) in [5.41, 5.74) is 2.26. The maximum absolute atomic E-state index is 13.3. The van der Waals surface area contributed by atoms with E-state index in [1.807, 2.05) is 6.07 Å². The number of Topliss-reactive ketones (excluding diaryl/α,β-unsaturated/α-hetero) is 1. The van der Waals surface area contributed by atoms with Crippen LogP contribution in [-0.4, -0.2) is 32.5 Å². The van der Waals surface area contributed by atoms with E-state index in [-0.39, 0.29) is 22.1 Å². The van der Waals surface area contributed by atoms with Gasteiger partial charge in [-0.05, 0) is 35.4 Å². The third-order valence-electron chi connectivity index (χ3n) is 5.72. The Labute approximate surface area is 214 Å². The van der Waals surface area contributed by atoms with Gasteiger partial charge in [-0.1, -0.05) is 71.5 Å². The van der Waals surface area contributed by atoms with Crippen LogP contribution in [0.25, 0.3) is 22.3 Å². The van der Waals surface area contributed by atoms with Gasteiger partial charge in [0.15, 0.2) is 22.2 Å². The zero-order valence-electron chi connectivity index (χ0n) is 18.9. The maximum Gasteiger partial charge on any atom is 0.274 e. The Balaban J connectivity index is 1.55. The van der Waals surface area contributed by atoms with Gasteiger partial charge in [-0.25, -0.2) is 9.38 Å². The van der Waals surface area contributed by atoms with Crippen LogP contribution in [0.15, 0.2) is 77.7 Å². The Morgan fingerprint density at radius 1 is 1.14 bits per heavy atom. The summed E-state index contributed by atoms with van der Waals surface area (Å²) in [7, 11) is 1.41. The highest BCUT2D eigenvalue weighted by Gasteiger charge is 2.20. The normalized spacial score (nSPS) is 12.7. The van der Waals surface area contributed by atoms with Crippen LogP contribution in [0.3, 0.4) is 0 Å². The number of carbonyl (C=O) groups is 1. The quantitative estimate of drug-likeness (QED) is 0.326. The number of hydrogen-bond acceptors (Lipinski definition) is 7. The molecule has 9 heteroatoms. The molecule has 0 amide bonds. The molecular formula is C27H19ClN2O5S. The number of nitrogens with zero attached hydrogens (tertiary/aromatic N) is 2. The first kappa shape index (κ1) is 23.7. The molecule has 0 spiro atoms. The topological polar surface area (TPSA) is 101 Å². The number of hydrogen-bond donors (Lipinski definition) is 2. The highest BCUT2D eigenvalue weighted by molar-refractivity contribution is 7.15. The van der Waals surface area contributed by atoms with Crippen LogP contribution >= 0.6 is 22.9 Å². The van der Waals surface area contributed by atoms with Crippen LogP contribution in [0, 0.1) is 0 Å². The van der Waals surface area contributed by atoms with Crippen molar-refractivity contribution in [3.05, 3.63) is 110 Å². The molecule has 0 saturated heterocycles. The van der Waals surface area contributed by atoms with Gasteiger partial charge in [-0.3, -0.25) is 9.59 Å². The van der Waals surface area contributed by atoms with Crippen molar-refractivity contribution < 1.29 is 19.7 Å². The van der Waals surface area contributed by atoms with Crippen LogP contribution in [0.2, 0.25) is 5.02 Å². The SMILES string of the molecule is COc1cc(C=c2sc3ncc(-c4cccc(C(=O)C(O)c5ccccc5)c4)n3c2=O)cc(Cl)c1O. The van der Waals surface area contributed by atoms with Gasteiger partial charge in [0.05, 0.1) is 28.6 Å². The molecule has 5 rings (SSSR count). The molecule has 2 N–H and O–H groups in total. The summed E-state index contributed by atoms with van der Waals surface area (Å²) in [6.07, 6.45) is 1.93. The van der Waals surface area contributed by atoms with Gasteiger partial charge in [0, 0.05) is 11.1 Å². The molecule has 7 nitrogen and oxygen atoms in total. The second-order valence-electron chi connectivity index (χ2n) is 7.99. The first-order chi connectivity index (χ1) is 17.4. The number of ether oxygens (including phenoxy) is 1. The Hall–Kier alpha value is -3.98. The maximum atomic E-state index is 13.3. The van der Waals surface area contributed by atoms with E-state index in [9.17, 15) is 19.8 Å². The van der Waals surface area contributed by atoms with Crippen molar-refractivity contribution >= 4 is 39.8 Å². The fraction of sp³-hybridized carbons (Fsp3) is 0.0741. The van der Waals surface area contributed by atoms with Gasteiger partial charge in [-0.2, -0.15) is 0 Å². The van der Waals surface area contributed by atoms with Gasteiger partial charge in [0.2, 0.25) is 0 Å². The van der Waals surface area contributed by atoms with Gasteiger partial charge < -0.3 is 14.9 Å². The summed E-state index contributed by atoms with van der Waals surface area (Å²) in [4.78, 5) is 31.1. The number of ketones is 1. The number of halogens is 1. The molecular weight excluding hydrogens is 500 g/mol. The van der Waals surface area contributed by atoms with Crippen molar-refractivity contribution in [2.24, 2.45) is 0 Å². The largest absolute Gasteiger partial charge is 0.503 e. The van der Waals surface area contributed by atoms with E-state index in [0.29, 0.717) is 37.4 Å². The van der Waals surface area contributed by atoms with E-state index < -0.39 is 11.9 Å². The molecule has 0 bridgehead atoms. The Bertz CT molecular complexity index is 1710. The second-order valence-corrected chi connectivity index (χ2v) is 9.41. The third kappa shape index (κ3) is 4.26. The molecule has 5 aromatic rings. The van der Waals surface area contributed by atoms with Crippen molar-refractivity contribution in [2.75, 3.05) is 7.11 Å². The van der Waals surface area contributed by atoms with Gasteiger partial charge in [0.25, 0.3) is 5.56 Å². The van der Waals surface area contributed by atoms with Crippen molar-refractivity contribution in [2.45, 2.75) is 6.10 Å². The average Bonchev–Trinajstić information content (AvgIpc) is 3.45. The number of phenolic OH excluding ortho intramolecular Hbond substituents is 1. The first-order valence-corrected chi connectivity index (χ1v) is 12.0. The standard InChI is InChI=1S/C27H19ClN2O5S/c1-35-21-11-15(10-19(28)25(21)33)12-22-26(34)30-20(14-29-27(30)36-22)17-8-5-9-18(13-17)24(32)23(31)16-6-3-2-4-7-16/h2-14,23,31,33H,1H3. The van der Waals surface area contributed by atoms with Crippen LogP contribution in [0.5, 0.6) is 11.5 Å². The Morgan fingerprint density at radius 2 is 1.92 bits per heavy atom. The molecule has 0 radical (unpaired) electrons. The fourth-order valence-electron chi connectivity index (χ4n) is 3.91. The number of aliphatic hydroxyl groups excluding tert-OH is 1. The van der Waals surface area contributed by atoms with Crippen LogP contribution in [0.1, 0.15) is 27.6 Å². The number of rotatable bonds is 6. The lowest BCUT2D eigenvalue weighted by atomic mass is 9.98. The summed E-state index contributed by atoms with van der Waals surface area (Å²) >= 11 is 7.28. The Morgan fingerprint density at radius 3 is 2.67 bits per heavy atom. The number of aromatic nitrogens is 2. The van der Waals surface area contributed by atoms with Crippen molar-refractivity contribution in [1.82, 2.24) is 9.38 Å². The van der Waals surface area contributed by atoms with E-state index >= 15 is 0 Å². The lowest BCUT2D eigenvalue weighted by Crippen LogP contribution is -2.23. The number of imidazole rings is 1. The summed E-state index contributed by atoms with van der Waals surface area (Å²) in [5.74, 6) is -0.417. The summed E-state index contributed by atoms with van der Waals surface area (Å²) in [5, 5.41) is 20.6. The number of aliphatic hydroxyl groups is 1. The van der Waals surface area contributed by atoms with Crippen LogP contribution in [0.4, 0.5) is 0 Å². The molecule has 0 saturated carbocycles. The van der Waals surface area contributed by atoms with Crippen molar-refractivity contribution in [1.29, 1.82) is 0 Å². The molecule has 1 unspecified atom stereocenters. The van der Waals surface area contributed by atoms with Crippen molar-refractivity contribution in [3.63, 3.8) is 0 Å². The highest BCUT2D eigenvalue weighted by Crippen LogP contribution is 2.35. The summed E-state index contributed by atoms with van der Waals surface area (Å²) in [6, 6.07) is 18.6. The molecule has 2 heterocycles. The van der Waals surface area contributed by atoms with Crippen LogP contribution < -0.4 is 14.8 Å². The number of benzene rings is 3. The molecule has 0 aliphatic heterocycles. The summed E-state index contributed by atoms with van der Waals surface area (Å²) in [6.45, 7) is 0. The van der Waals surface area contributed by atoms with Gasteiger partial charge in [-0.15, -0.1) is 0 Å². The zero-order chi connectivity index (χ0) is 25.4. The van der Waals surface area contributed by atoms with Crippen LogP contribution in [-0.2, 0) is 0 Å². The molecule has 0 aliphatic rings. The fourth-order valence-corrected chi connectivity index (χ4v) is 5.08. The number of carbonyl (C=O) groups excluding carboxylic acids is 1. The second kappa shape index (κ2) is 9.58. The summed E-state index contributed by atoms with van der Waals surface area (Å²) < 4.78 is 7.03. The monoisotopic (exact) mass is 518 g/mol. The van der Waals surface area contributed by atoms with E-state index in [1.54, 1.807) is 66.9 Å². The van der Waals surface area contributed by atoms with E-state index in [2.05, 4.69) is 4.98 Å².